The van der Waals surface area contributed by atoms with E-state index in [1.54, 1.807) is 19.5 Å². The third-order valence-corrected chi connectivity index (χ3v) is 3.55. The van der Waals surface area contributed by atoms with E-state index in [0.717, 1.165) is 30.4 Å². The van der Waals surface area contributed by atoms with Crippen LogP contribution in [-0.4, -0.2) is 42.4 Å². The van der Waals surface area contributed by atoms with Gasteiger partial charge in [0.25, 0.3) is 0 Å². The molecule has 0 aliphatic rings. The normalized spacial score (nSPS) is 11.2. The summed E-state index contributed by atoms with van der Waals surface area (Å²) in [5.74, 6) is 1.68. The van der Waals surface area contributed by atoms with Crippen LogP contribution in [0.3, 0.4) is 0 Å². The number of nitrogens with zero attached hydrogens (tertiary/aromatic N) is 6. The van der Waals surface area contributed by atoms with E-state index in [2.05, 4.69) is 37.2 Å². The molecule has 3 heterocycles. The van der Waals surface area contributed by atoms with E-state index in [1.807, 2.05) is 23.3 Å². The maximum atomic E-state index is 5.14. The molecule has 0 spiro atoms. The van der Waals surface area contributed by atoms with Crippen molar-refractivity contribution in [1.29, 1.82) is 0 Å². The number of imidazole rings is 3. The van der Waals surface area contributed by atoms with Crippen molar-refractivity contribution in [2.75, 3.05) is 13.7 Å². The van der Waals surface area contributed by atoms with Crippen LogP contribution in [-0.2, 0) is 24.4 Å². The molecule has 0 aliphatic heterocycles. The van der Waals surface area contributed by atoms with E-state index in [9.17, 15) is 0 Å². The molecular formula is C15H20N6O. The Balaban J connectivity index is 1.84. The molecule has 0 aromatic carbocycles. The average molecular weight is 300 g/mol. The summed E-state index contributed by atoms with van der Waals surface area (Å²) in [5.41, 5.74) is 1.01. The molecule has 3 rings (SSSR count). The number of methoxy groups -OCH3 is 1. The zero-order valence-electron chi connectivity index (χ0n) is 12.9. The summed E-state index contributed by atoms with van der Waals surface area (Å²) in [4.78, 5) is 13.3. The van der Waals surface area contributed by atoms with Gasteiger partial charge in [0.05, 0.1) is 25.2 Å². The van der Waals surface area contributed by atoms with Crippen LogP contribution in [0.25, 0.3) is 11.6 Å². The third-order valence-electron chi connectivity index (χ3n) is 3.55. The van der Waals surface area contributed by atoms with Crippen LogP contribution in [0.15, 0.2) is 37.3 Å². The van der Waals surface area contributed by atoms with E-state index in [0.29, 0.717) is 13.2 Å². The first kappa shape index (κ1) is 14.5. The predicted molar refractivity (Wildman–Crippen MR) is 82.3 cm³/mol. The van der Waals surface area contributed by atoms with Gasteiger partial charge in [-0.2, -0.15) is 0 Å². The second-order valence-electron chi connectivity index (χ2n) is 5.01. The van der Waals surface area contributed by atoms with Crippen molar-refractivity contribution in [2.24, 2.45) is 0 Å². The molecule has 0 unspecified atom stereocenters. The number of aromatic nitrogens is 6. The first-order chi connectivity index (χ1) is 10.8. The fourth-order valence-electron chi connectivity index (χ4n) is 2.36. The van der Waals surface area contributed by atoms with Crippen LogP contribution in [0.1, 0.15) is 12.6 Å². The Bertz CT molecular complexity index is 726. The first-order valence-electron chi connectivity index (χ1n) is 7.34. The van der Waals surface area contributed by atoms with Crippen LogP contribution in [0.5, 0.6) is 0 Å². The highest BCUT2D eigenvalue weighted by Crippen LogP contribution is 2.16. The molecule has 0 fully saturated rings. The van der Waals surface area contributed by atoms with Crippen LogP contribution in [0.2, 0.25) is 0 Å². The van der Waals surface area contributed by atoms with Gasteiger partial charge in [0.1, 0.15) is 0 Å². The van der Waals surface area contributed by atoms with Gasteiger partial charge < -0.3 is 18.4 Å². The lowest BCUT2D eigenvalue weighted by Crippen LogP contribution is -2.09. The molecule has 0 amide bonds. The molecule has 0 saturated heterocycles. The topological polar surface area (TPSA) is 62.7 Å². The van der Waals surface area contributed by atoms with Gasteiger partial charge >= 0.3 is 0 Å². The maximum Gasteiger partial charge on any atom is 0.176 e. The Morgan fingerprint density at radius 3 is 2.45 bits per heavy atom. The van der Waals surface area contributed by atoms with Gasteiger partial charge in [-0.15, -0.1) is 0 Å². The van der Waals surface area contributed by atoms with Crippen molar-refractivity contribution < 1.29 is 4.74 Å². The molecule has 0 atom stereocenters. The Morgan fingerprint density at radius 1 is 1.05 bits per heavy atom. The van der Waals surface area contributed by atoms with Crippen LogP contribution in [0.4, 0.5) is 0 Å². The van der Waals surface area contributed by atoms with E-state index < -0.39 is 0 Å². The van der Waals surface area contributed by atoms with E-state index in [4.69, 9.17) is 4.74 Å². The smallest absolute Gasteiger partial charge is 0.176 e. The van der Waals surface area contributed by atoms with Crippen LogP contribution >= 0.6 is 0 Å². The van der Waals surface area contributed by atoms with Crippen molar-refractivity contribution in [3.05, 3.63) is 43.0 Å². The molecular weight excluding hydrogens is 280 g/mol. The van der Waals surface area contributed by atoms with Crippen molar-refractivity contribution in [2.45, 2.75) is 26.6 Å². The number of hydrogen-bond donors (Lipinski definition) is 0. The summed E-state index contributed by atoms with van der Waals surface area (Å²) in [6.07, 6.45) is 11.4. The molecule has 7 heteroatoms. The van der Waals surface area contributed by atoms with Crippen molar-refractivity contribution in [1.82, 2.24) is 28.7 Å². The largest absolute Gasteiger partial charge is 0.383 e. The van der Waals surface area contributed by atoms with Crippen molar-refractivity contribution in [3.8, 4) is 11.6 Å². The van der Waals surface area contributed by atoms with Gasteiger partial charge in [0.2, 0.25) is 0 Å². The quantitative estimate of drug-likeness (QED) is 0.666. The lowest BCUT2D eigenvalue weighted by molar-refractivity contribution is 0.187. The summed E-state index contributed by atoms with van der Waals surface area (Å²) < 4.78 is 11.3. The van der Waals surface area contributed by atoms with Crippen molar-refractivity contribution >= 4 is 0 Å². The highest BCUT2D eigenvalue weighted by atomic mass is 16.5. The summed E-state index contributed by atoms with van der Waals surface area (Å²) in [6, 6.07) is 0. The van der Waals surface area contributed by atoms with E-state index >= 15 is 0 Å². The van der Waals surface area contributed by atoms with Crippen molar-refractivity contribution in [3.63, 3.8) is 0 Å². The van der Waals surface area contributed by atoms with E-state index in [-0.39, 0.29) is 0 Å². The van der Waals surface area contributed by atoms with Crippen LogP contribution in [0, 0.1) is 0 Å². The molecule has 0 saturated carbocycles. The summed E-state index contributed by atoms with van der Waals surface area (Å²) in [6.45, 7) is 5.10. The van der Waals surface area contributed by atoms with Gasteiger partial charge in [-0.1, -0.05) is 0 Å². The molecule has 0 radical (unpaired) electrons. The SMILES string of the molecule is CCn1cnc(Cn2ccnc2-c2nccn2CCOC)c1. The molecule has 7 nitrogen and oxygen atoms in total. The molecule has 0 N–H and O–H groups in total. The average Bonchev–Trinajstić information content (AvgIpc) is 3.25. The number of rotatable bonds is 7. The number of hydrogen-bond acceptors (Lipinski definition) is 4. The highest BCUT2D eigenvalue weighted by Gasteiger charge is 2.13. The highest BCUT2D eigenvalue weighted by molar-refractivity contribution is 5.45. The van der Waals surface area contributed by atoms with Gasteiger partial charge in [-0.25, -0.2) is 15.0 Å². The fraction of sp³-hybridized carbons (Fsp3) is 0.400. The minimum absolute atomic E-state index is 0.644. The Hall–Kier alpha value is -2.41. The second kappa shape index (κ2) is 6.57. The lowest BCUT2D eigenvalue weighted by atomic mass is 10.4. The minimum atomic E-state index is 0.644. The zero-order valence-corrected chi connectivity index (χ0v) is 12.9. The van der Waals surface area contributed by atoms with E-state index in [1.165, 1.54) is 0 Å². The summed E-state index contributed by atoms with van der Waals surface area (Å²) >= 11 is 0. The molecule has 116 valence electrons. The monoisotopic (exact) mass is 300 g/mol. The first-order valence-corrected chi connectivity index (χ1v) is 7.34. The van der Waals surface area contributed by atoms with Gasteiger partial charge in [0.15, 0.2) is 11.6 Å². The molecule has 3 aromatic rings. The van der Waals surface area contributed by atoms with Gasteiger partial charge in [0, 0.05) is 51.2 Å². The number of ether oxygens (including phenoxy) is 1. The molecule has 3 aromatic heterocycles. The Morgan fingerprint density at radius 2 is 1.77 bits per heavy atom. The molecule has 0 aliphatic carbocycles. The zero-order chi connectivity index (χ0) is 15.4. The summed E-state index contributed by atoms with van der Waals surface area (Å²) in [7, 11) is 1.70. The van der Waals surface area contributed by atoms with Gasteiger partial charge in [-0.3, -0.25) is 0 Å². The fourth-order valence-corrected chi connectivity index (χ4v) is 2.36. The molecule has 0 bridgehead atoms. The predicted octanol–water partition coefficient (Wildman–Crippen LogP) is 1.66. The standard InChI is InChI=1S/C15H20N6O/c1-3-19-10-13(18-12-19)11-21-7-5-17-15(21)14-16-4-6-20(14)8-9-22-2/h4-7,10,12H,3,8-9,11H2,1-2H3. The Labute approximate surface area is 129 Å². The Kier molecular flexibility index (Phi) is 4.34. The maximum absolute atomic E-state index is 5.14. The minimum Gasteiger partial charge on any atom is -0.383 e. The lowest BCUT2D eigenvalue weighted by Gasteiger charge is -2.09. The van der Waals surface area contributed by atoms with Gasteiger partial charge in [-0.05, 0) is 6.92 Å². The second-order valence-corrected chi connectivity index (χ2v) is 5.01. The van der Waals surface area contributed by atoms with Crippen LogP contribution < -0.4 is 0 Å². The molecule has 22 heavy (non-hydrogen) atoms. The third kappa shape index (κ3) is 2.94. The number of aryl methyl sites for hydroxylation is 1. The summed E-state index contributed by atoms with van der Waals surface area (Å²) in [5, 5.41) is 0.